The van der Waals surface area contributed by atoms with Crippen LogP contribution in [0.4, 0.5) is 0 Å². The fourth-order valence-electron chi connectivity index (χ4n) is 6.78. The van der Waals surface area contributed by atoms with Gasteiger partial charge in [0.15, 0.2) is 5.78 Å². The Morgan fingerprint density at radius 1 is 1.13 bits per heavy atom. The molecular formula is C22H32O. The third kappa shape index (κ3) is 1.88. The second kappa shape index (κ2) is 4.83. The van der Waals surface area contributed by atoms with Gasteiger partial charge in [-0.2, -0.15) is 0 Å². The molecule has 0 aromatic heterocycles. The molecule has 0 aromatic rings. The van der Waals surface area contributed by atoms with Crippen LogP contribution in [-0.4, -0.2) is 5.78 Å². The van der Waals surface area contributed by atoms with Gasteiger partial charge in [-0.1, -0.05) is 51.3 Å². The van der Waals surface area contributed by atoms with Crippen molar-refractivity contribution < 1.29 is 4.79 Å². The lowest BCUT2D eigenvalue weighted by Gasteiger charge is -2.55. The molecule has 4 aliphatic carbocycles. The van der Waals surface area contributed by atoms with Crippen molar-refractivity contribution in [3.8, 4) is 0 Å². The van der Waals surface area contributed by atoms with Crippen LogP contribution in [-0.2, 0) is 4.79 Å². The summed E-state index contributed by atoms with van der Waals surface area (Å²) in [4.78, 5) is 11.9. The third-order valence-electron chi connectivity index (χ3n) is 8.89. The molecule has 0 heterocycles. The van der Waals surface area contributed by atoms with E-state index in [9.17, 15) is 4.79 Å². The Morgan fingerprint density at radius 2 is 1.91 bits per heavy atom. The molecule has 0 radical (unpaired) electrons. The third-order valence-corrected chi connectivity index (χ3v) is 8.89. The topological polar surface area (TPSA) is 17.1 Å². The molecule has 1 heteroatoms. The average molecular weight is 312 g/mol. The Hall–Kier alpha value is -0.850. The van der Waals surface area contributed by atoms with E-state index >= 15 is 0 Å². The van der Waals surface area contributed by atoms with E-state index in [4.69, 9.17) is 0 Å². The molecule has 0 bridgehead atoms. The summed E-state index contributed by atoms with van der Waals surface area (Å²) in [6, 6.07) is 0. The minimum atomic E-state index is 0.198. The van der Waals surface area contributed by atoms with Gasteiger partial charge in [-0.05, 0) is 67.3 Å². The first-order valence-corrected chi connectivity index (χ1v) is 9.78. The fourth-order valence-corrected chi connectivity index (χ4v) is 6.78. The maximum Gasteiger partial charge on any atom is 0.155 e. The van der Waals surface area contributed by atoms with Crippen molar-refractivity contribution in [3.63, 3.8) is 0 Å². The molecule has 126 valence electrons. The molecule has 2 saturated carbocycles. The molecule has 4 rings (SSSR count). The van der Waals surface area contributed by atoms with Gasteiger partial charge in [-0.3, -0.25) is 4.79 Å². The van der Waals surface area contributed by atoms with Crippen LogP contribution in [0.25, 0.3) is 0 Å². The van der Waals surface area contributed by atoms with Crippen molar-refractivity contribution in [1.82, 2.24) is 0 Å². The van der Waals surface area contributed by atoms with E-state index in [-0.39, 0.29) is 5.41 Å². The highest BCUT2D eigenvalue weighted by molar-refractivity contribution is 5.92. The van der Waals surface area contributed by atoms with Crippen molar-refractivity contribution >= 4 is 5.78 Å². The minimum Gasteiger partial charge on any atom is -0.295 e. The number of hydrogen-bond donors (Lipinski definition) is 0. The van der Waals surface area contributed by atoms with E-state index < -0.39 is 0 Å². The van der Waals surface area contributed by atoms with Gasteiger partial charge in [0.2, 0.25) is 0 Å². The van der Waals surface area contributed by atoms with Crippen molar-refractivity contribution in [1.29, 1.82) is 0 Å². The molecule has 0 aliphatic heterocycles. The highest BCUT2D eigenvalue weighted by Gasteiger charge is 2.59. The predicted molar refractivity (Wildman–Crippen MR) is 95.1 cm³/mol. The molecule has 5 atom stereocenters. The van der Waals surface area contributed by atoms with Crippen LogP contribution in [0.2, 0.25) is 0 Å². The lowest BCUT2D eigenvalue weighted by Crippen LogP contribution is -2.46. The number of hydrogen-bond acceptors (Lipinski definition) is 1. The monoisotopic (exact) mass is 312 g/mol. The normalized spacial score (nSPS) is 49.0. The van der Waals surface area contributed by atoms with E-state index in [0.29, 0.717) is 16.6 Å². The Balaban J connectivity index is 1.76. The lowest BCUT2D eigenvalue weighted by atomic mass is 9.49. The summed E-state index contributed by atoms with van der Waals surface area (Å²) in [6.45, 7) is 9.95. The van der Waals surface area contributed by atoms with Crippen molar-refractivity contribution in [2.75, 3.05) is 0 Å². The van der Waals surface area contributed by atoms with Crippen LogP contribution in [0.1, 0.15) is 79.1 Å². The predicted octanol–water partition coefficient (Wildman–Crippen LogP) is 5.85. The van der Waals surface area contributed by atoms with E-state index in [1.807, 2.05) is 6.08 Å². The van der Waals surface area contributed by atoms with Crippen LogP contribution in [0.15, 0.2) is 23.3 Å². The number of fused-ring (bicyclic) bond motifs is 5. The largest absolute Gasteiger partial charge is 0.295 e. The SMILES string of the molecule is CC[C@@]1(C)CC[C@H]2C3CCC4=CC(=O)CC[C@]4(C)C3=CC[C@@]21C. The second-order valence-electron chi connectivity index (χ2n) is 9.45. The molecule has 2 fully saturated rings. The lowest BCUT2D eigenvalue weighted by molar-refractivity contribution is -0.115. The maximum absolute atomic E-state index is 11.9. The van der Waals surface area contributed by atoms with Crippen LogP contribution in [0, 0.1) is 28.1 Å². The Kier molecular flexibility index (Phi) is 3.29. The maximum atomic E-state index is 11.9. The first kappa shape index (κ1) is 15.7. The molecule has 4 aliphatic rings. The zero-order valence-corrected chi connectivity index (χ0v) is 15.4. The number of carbonyl (C=O) groups excluding carboxylic acids is 1. The number of ketones is 1. The Bertz CT molecular complexity index is 611. The van der Waals surface area contributed by atoms with Gasteiger partial charge in [0.1, 0.15) is 0 Å². The van der Waals surface area contributed by atoms with Crippen LogP contribution < -0.4 is 0 Å². The molecule has 0 N–H and O–H groups in total. The summed E-state index contributed by atoms with van der Waals surface area (Å²) in [7, 11) is 0. The summed E-state index contributed by atoms with van der Waals surface area (Å²) < 4.78 is 0. The summed E-state index contributed by atoms with van der Waals surface area (Å²) >= 11 is 0. The molecule has 23 heavy (non-hydrogen) atoms. The molecule has 1 nitrogen and oxygen atoms in total. The molecule has 0 saturated heterocycles. The number of allylic oxidation sites excluding steroid dienone is 4. The zero-order valence-electron chi connectivity index (χ0n) is 15.4. The molecular weight excluding hydrogens is 280 g/mol. The van der Waals surface area contributed by atoms with Gasteiger partial charge in [-0.25, -0.2) is 0 Å². The number of carbonyl (C=O) groups is 1. The Labute approximate surface area is 141 Å². The van der Waals surface area contributed by atoms with E-state index in [2.05, 4.69) is 33.8 Å². The molecule has 0 spiro atoms. The Morgan fingerprint density at radius 3 is 2.65 bits per heavy atom. The van der Waals surface area contributed by atoms with Gasteiger partial charge in [0.25, 0.3) is 0 Å². The molecule has 0 aromatic carbocycles. The fraction of sp³-hybridized carbons (Fsp3) is 0.773. The van der Waals surface area contributed by atoms with Crippen molar-refractivity contribution in [3.05, 3.63) is 23.3 Å². The van der Waals surface area contributed by atoms with Gasteiger partial charge >= 0.3 is 0 Å². The van der Waals surface area contributed by atoms with Crippen LogP contribution >= 0.6 is 0 Å². The van der Waals surface area contributed by atoms with Crippen molar-refractivity contribution in [2.24, 2.45) is 28.1 Å². The van der Waals surface area contributed by atoms with Crippen LogP contribution in [0.3, 0.4) is 0 Å². The van der Waals surface area contributed by atoms with Crippen molar-refractivity contribution in [2.45, 2.75) is 79.1 Å². The second-order valence-corrected chi connectivity index (χ2v) is 9.45. The van der Waals surface area contributed by atoms with Gasteiger partial charge in [-0.15, -0.1) is 0 Å². The summed E-state index contributed by atoms with van der Waals surface area (Å²) in [6.07, 6.45) is 14.2. The summed E-state index contributed by atoms with van der Waals surface area (Å²) in [5.74, 6) is 2.00. The molecule has 1 unspecified atom stereocenters. The number of rotatable bonds is 1. The van der Waals surface area contributed by atoms with Gasteiger partial charge in [0.05, 0.1) is 0 Å². The molecule has 0 amide bonds. The highest BCUT2D eigenvalue weighted by atomic mass is 16.1. The first-order chi connectivity index (χ1) is 10.8. The smallest absolute Gasteiger partial charge is 0.155 e. The van der Waals surface area contributed by atoms with Crippen LogP contribution in [0.5, 0.6) is 0 Å². The highest BCUT2D eigenvalue weighted by Crippen LogP contribution is 2.68. The van der Waals surface area contributed by atoms with Gasteiger partial charge in [0, 0.05) is 11.8 Å². The quantitative estimate of drug-likeness (QED) is 0.555. The standard InChI is InChI=1S/C22H32O/c1-5-20(2)11-9-19-17-7-6-15-14-16(23)8-12-21(15,3)18(17)10-13-22(19,20)4/h10,14,17,19H,5-9,11-13H2,1-4H3/t17?,19-,20-,21-,22-/m0/s1. The van der Waals surface area contributed by atoms with E-state index in [1.165, 1.54) is 37.7 Å². The van der Waals surface area contributed by atoms with Gasteiger partial charge < -0.3 is 0 Å². The summed E-state index contributed by atoms with van der Waals surface area (Å²) in [5, 5.41) is 0. The minimum absolute atomic E-state index is 0.198. The first-order valence-electron chi connectivity index (χ1n) is 9.78. The van der Waals surface area contributed by atoms with E-state index in [1.54, 1.807) is 5.57 Å². The zero-order chi connectivity index (χ0) is 16.5. The summed E-state index contributed by atoms with van der Waals surface area (Å²) in [5.41, 5.74) is 4.35. The average Bonchev–Trinajstić information content (AvgIpc) is 2.80. The van der Waals surface area contributed by atoms with E-state index in [0.717, 1.165) is 31.1 Å².